The van der Waals surface area contributed by atoms with Gasteiger partial charge in [-0.25, -0.2) is 9.97 Å². The zero-order valence-electron chi connectivity index (χ0n) is 15.3. The van der Waals surface area contributed by atoms with Gasteiger partial charge in [-0.05, 0) is 52.5 Å². The number of carbonyl (C=O) groups excluding carboxylic acids is 1. The number of carbonyl (C=O) groups is 1. The molecule has 1 amide bonds. The Bertz CT molecular complexity index is 919. The maximum absolute atomic E-state index is 12.5. The minimum Gasteiger partial charge on any atom is -0.362 e. The van der Waals surface area contributed by atoms with E-state index in [9.17, 15) is 4.79 Å². The third-order valence-corrected chi connectivity index (χ3v) is 6.68. The SMILES string of the molecule is C[C@H]1CCN1c1nc2c(c(-c3cc4c(s3)C(=O)NC(C)(C)N4)n1)CCC2. The molecule has 26 heavy (non-hydrogen) atoms. The van der Waals surface area contributed by atoms with Gasteiger partial charge in [0.1, 0.15) is 10.5 Å². The highest BCUT2D eigenvalue weighted by Crippen LogP contribution is 2.41. The van der Waals surface area contributed by atoms with Crippen molar-refractivity contribution < 1.29 is 4.79 Å². The number of thiophene rings is 1. The van der Waals surface area contributed by atoms with Gasteiger partial charge < -0.3 is 15.5 Å². The summed E-state index contributed by atoms with van der Waals surface area (Å²) < 4.78 is 0. The molecule has 0 saturated carbocycles. The summed E-state index contributed by atoms with van der Waals surface area (Å²) in [5, 5.41) is 6.42. The number of hydrogen-bond donors (Lipinski definition) is 2. The fourth-order valence-corrected chi connectivity index (χ4v) is 5.07. The van der Waals surface area contributed by atoms with Crippen LogP contribution in [0.5, 0.6) is 0 Å². The van der Waals surface area contributed by atoms with Gasteiger partial charge in [-0.15, -0.1) is 11.3 Å². The predicted molar refractivity (Wildman–Crippen MR) is 104 cm³/mol. The normalized spacial score (nSPS) is 23.0. The van der Waals surface area contributed by atoms with Crippen molar-refractivity contribution in [3.63, 3.8) is 0 Å². The second-order valence-corrected chi connectivity index (χ2v) is 9.09. The average molecular weight is 369 g/mol. The summed E-state index contributed by atoms with van der Waals surface area (Å²) in [6.07, 6.45) is 4.38. The van der Waals surface area contributed by atoms with E-state index in [1.54, 1.807) is 0 Å². The lowest BCUT2D eigenvalue weighted by atomic mass is 10.1. The molecule has 1 fully saturated rings. The Morgan fingerprint density at radius 3 is 2.85 bits per heavy atom. The van der Waals surface area contributed by atoms with E-state index in [2.05, 4.69) is 28.5 Å². The standard InChI is InChI=1S/C19H23N5OS/c1-10-7-8-24(10)18-20-12-6-4-5-11(12)15(21-18)14-9-13-16(26-14)17(25)23-19(2,3)22-13/h9-10,22H,4-8H2,1-3H3,(H,23,25)/t10-/m0/s1. The molecule has 5 rings (SSSR count). The molecule has 2 aromatic heterocycles. The summed E-state index contributed by atoms with van der Waals surface area (Å²) in [5.74, 6) is 0.839. The average Bonchev–Trinajstić information content (AvgIpc) is 3.18. The van der Waals surface area contributed by atoms with E-state index >= 15 is 0 Å². The van der Waals surface area contributed by atoms with Crippen molar-refractivity contribution in [1.82, 2.24) is 15.3 Å². The van der Waals surface area contributed by atoms with Crippen LogP contribution in [0.15, 0.2) is 6.07 Å². The first-order valence-corrected chi connectivity index (χ1v) is 10.1. The minimum absolute atomic E-state index is 0.0118. The molecule has 4 heterocycles. The van der Waals surface area contributed by atoms with E-state index in [1.807, 2.05) is 13.8 Å². The van der Waals surface area contributed by atoms with E-state index in [0.29, 0.717) is 6.04 Å². The van der Waals surface area contributed by atoms with E-state index in [1.165, 1.54) is 29.0 Å². The first-order valence-electron chi connectivity index (χ1n) is 9.32. The molecule has 0 aromatic carbocycles. The number of rotatable bonds is 2. The van der Waals surface area contributed by atoms with Crippen LogP contribution in [0.25, 0.3) is 10.6 Å². The molecule has 0 radical (unpaired) electrons. The molecule has 2 aliphatic heterocycles. The molecule has 6 nitrogen and oxygen atoms in total. The number of aryl methyl sites for hydroxylation is 1. The van der Waals surface area contributed by atoms with Crippen LogP contribution < -0.4 is 15.5 Å². The summed E-state index contributed by atoms with van der Waals surface area (Å²) in [4.78, 5) is 26.4. The van der Waals surface area contributed by atoms with Gasteiger partial charge in [0.15, 0.2) is 0 Å². The number of hydrogen-bond acceptors (Lipinski definition) is 6. The fourth-order valence-electron chi connectivity index (χ4n) is 4.04. The Labute approximate surface area is 157 Å². The van der Waals surface area contributed by atoms with Gasteiger partial charge in [-0.2, -0.15) is 0 Å². The summed E-state index contributed by atoms with van der Waals surface area (Å²) in [6.45, 7) is 7.19. The molecular formula is C19H23N5OS. The number of aromatic nitrogens is 2. The van der Waals surface area contributed by atoms with Gasteiger partial charge in [-0.3, -0.25) is 4.79 Å². The number of nitrogens with one attached hydrogen (secondary N) is 2. The molecular weight excluding hydrogens is 346 g/mol. The maximum atomic E-state index is 12.5. The second-order valence-electron chi connectivity index (χ2n) is 8.04. The van der Waals surface area contributed by atoms with Crippen molar-refractivity contribution in [2.45, 2.75) is 58.2 Å². The second kappa shape index (κ2) is 5.42. The third kappa shape index (κ3) is 2.40. The predicted octanol–water partition coefficient (Wildman–Crippen LogP) is 3.18. The van der Waals surface area contributed by atoms with Crippen LogP contribution in [0.2, 0.25) is 0 Å². The zero-order chi connectivity index (χ0) is 18.1. The van der Waals surface area contributed by atoms with E-state index < -0.39 is 5.66 Å². The molecule has 136 valence electrons. The van der Waals surface area contributed by atoms with Gasteiger partial charge in [0.2, 0.25) is 5.95 Å². The number of fused-ring (bicyclic) bond motifs is 2. The highest BCUT2D eigenvalue weighted by molar-refractivity contribution is 7.18. The van der Waals surface area contributed by atoms with Crippen LogP contribution in [0.1, 0.15) is 54.5 Å². The van der Waals surface area contributed by atoms with Crippen LogP contribution in [0.3, 0.4) is 0 Å². The van der Waals surface area contributed by atoms with Crippen LogP contribution in [-0.4, -0.2) is 34.1 Å². The topological polar surface area (TPSA) is 70.2 Å². The lowest BCUT2D eigenvalue weighted by molar-refractivity contribution is 0.0919. The molecule has 2 aromatic rings. The van der Waals surface area contributed by atoms with Crippen molar-refractivity contribution in [3.8, 4) is 10.6 Å². The molecule has 0 unspecified atom stereocenters. The Morgan fingerprint density at radius 2 is 2.12 bits per heavy atom. The largest absolute Gasteiger partial charge is 0.362 e. The van der Waals surface area contributed by atoms with Crippen molar-refractivity contribution >= 4 is 28.9 Å². The monoisotopic (exact) mass is 369 g/mol. The van der Waals surface area contributed by atoms with Gasteiger partial charge in [-0.1, -0.05) is 0 Å². The summed E-state index contributed by atoms with van der Waals surface area (Å²) in [5.41, 5.74) is 3.94. The molecule has 1 aliphatic carbocycles. The Kier molecular flexibility index (Phi) is 3.35. The Balaban J connectivity index is 1.62. The fraction of sp³-hybridized carbons (Fsp3) is 0.526. The van der Waals surface area contributed by atoms with Crippen LogP contribution in [0.4, 0.5) is 11.6 Å². The summed E-state index contributed by atoms with van der Waals surface area (Å²) >= 11 is 1.53. The number of amides is 1. The lowest BCUT2D eigenvalue weighted by Crippen LogP contribution is -2.52. The summed E-state index contributed by atoms with van der Waals surface area (Å²) in [6, 6.07) is 2.59. The highest BCUT2D eigenvalue weighted by Gasteiger charge is 2.33. The number of anilines is 2. The Morgan fingerprint density at radius 1 is 1.27 bits per heavy atom. The van der Waals surface area contributed by atoms with Crippen LogP contribution >= 0.6 is 11.3 Å². The zero-order valence-corrected chi connectivity index (χ0v) is 16.2. The quantitative estimate of drug-likeness (QED) is 0.851. The molecule has 3 aliphatic rings. The molecule has 0 spiro atoms. The number of nitrogens with zero attached hydrogens (tertiary/aromatic N) is 3. The molecule has 0 bridgehead atoms. The third-order valence-electron chi connectivity index (χ3n) is 5.54. The molecule has 2 N–H and O–H groups in total. The van der Waals surface area contributed by atoms with Crippen molar-refractivity contribution in [1.29, 1.82) is 0 Å². The Hall–Kier alpha value is -2.15. The van der Waals surface area contributed by atoms with Crippen LogP contribution in [0, 0.1) is 0 Å². The molecule has 7 heteroatoms. The maximum Gasteiger partial charge on any atom is 0.265 e. The van der Waals surface area contributed by atoms with E-state index in [4.69, 9.17) is 9.97 Å². The van der Waals surface area contributed by atoms with E-state index in [-0.39, 0.29) is 5.91 Å². The minimum atomic E-state index is -0.436. The first kappa shape index (κ1) is 16.1. The smallest absolute Gasteiger partial charge is 0.265 e. The molecule has 1 atom stereocenters. The van der Waals surface area contributed by atoms with Gasteiger partial charge in [0.05, 0.1) is 16.3 Å². The highest BCUT2D eigenvalue weighted by atomic mass is 32.1. The van der Waals surface area contributed by atoms with Gasteiger partial charge in [0.25, 0.3) is 5.91 Å². The van der Waals surface area contributed by atoms with Crippen molar-refractivity contribution in [3.05, 3.63) is 22.2 Å². The summed E-state index contributed by atoms with van der Waals surface area (Å²) in [7, 11) is 0. The van der Waals surface area contributed by atoms with E-state index in [0.717, 1.165) is 52.9 Å². The van der Waals surface area contributed by atoms with Gasteiger partial charge >= 0.3 is 0 Å². The van der Waals surface area contributed by atoms with Gasteiger partial charge in [0, 0.05) is 23.8 Å². The van der Waals surface area contributed by atoms with Crippen molar-refractivity contribution in [2.24, 2.45) is 0 Å². The molecule has 1 saturated heterocycles. The first-order chi connectivity index (χ1) is 12.4. The van der Waals surface area contributed by atoms with Crippen molar-refractivity contribution in [2.75, 3.05) is 16.8 Å². The van der Waals surface area contributed by atoms with Crippen LogP contribution in [-0.2, 0) is 12.8 Å². The lowest BCUT2D eigenvalue weighted by Gasteiger charge is -2.39.